The van der Waals surface area contributed by atoms with E-state index >= 15 is 0 Å². The zero-order chi connectivity index (χ0) is 23.6. The second-order valence-electron chi connectivity index (χ2n) is 7.10. The molecule has 0 spiro atoms. The molecule has 0 unspecified atom stereocenters. The first-order valence-electron chi connectivity index (χ1n) is 9.66. The number of anilines is 1. The quantitative estimate of drug-likeness (QED) is 0.247. The van der Waals surface area contributed by atoms with Gasteiger partial charge in [0, 0.05) is 22.4 Å². The van der Waals surface area contributed by atoms with Crippen molar-refractivity contribution in [2.75, 3.05) is 5.32 Å². The number of thiazole rings is 1. The highest BCUT2D eigenvalue weighted by molar-refractivity contribution is 7.89. The van der Waals surface area contributed by atoms with Crippen molar-refractivity contribution in [1.82, 2.24) is 4.98 Å². The molecule has 0 saturated heterocycles. The Hall–Kier alpha value is -3.86. The molecule has 6 N–H and O–H groups in total. The Balaban J connectivity index is 1.58. The van der Waals surface area contributed by atoms with E-state index in [1.807, 2.05) is 0 Å². The summed E-state index contributed by atoms with van der Waals surface area (Å²) in [5, 5.41) is 15.8. The lowest BCUT2D eigenvalue weighted by Crippen LogP contribution is -2.13. The maximum atomic E-state index is 12.9. The monoisotopic (exact) mass is 477 g/mol. The lowest BCUT2D eigenvalue weighted by molar-refractivity contribution is 0.103. The first-order valence-corrected chi connectivity index (χ1v) is 12.1. The summed E-state index contributed by atoms with van der Waals surface area (Å²) in [7, 11) is -3.88. The third-order valence-electron chi connectivity index (χ3n) is 4.87. The molecule has 4 rings (SSSR count). The van der Waals surface area contributed by atoms with Crippen molar-refractivity contribution in [1.29, 1.82) is 5.41 Å². The van der Waals surface area contributed by atoms with Crippen molar-refractivity contribution in [2.45, 2.75) is 4.90 Å². The molecule has 8 nitrogen and oxygen atoms in total. The van der Waals surface area contributed by atoms with Crippen LogP contribution in [-0.4, -0.2) is 25.1 Å². The molecule has 0 atom stereocenters. The molecule has 1 amide bonds. The zero-order valence-electron chi connectivity index (χ0n) is 17.1. The molecule has 0 aliphatic rings. The molecule has 0 saturated carbocycles. The average molecular weight is 478 g/mol. The summed E-state index contributed by atoms with van der Waals surface area (Å²) >= 11 is 1.20. The molecular formula is C23H19N5O3S2. The minimum absolute atomic E-state index is 0.0314. The van der Waals surface area contributed by atoms with Gasteiger partial charge in [0.1, 0.15) is 10.7 Å². The van der Waals surface area contributed by atoms with Crippen molar-refractivity contribution in [2.24, 2.45) is 10.9 Å². The van der Waals surface area contributed by atoms with Crippen LogP contribution in [0.25, 0.3) is 22.4 Å². The largest absolute Gasteiger partial charge is 0.384 e. The number of nitrogen functional groups attached to an aromatic ring is 1. The van der Waals surface area contributed by atoms with E-state index in [0.29, 0.717) is 38.5 Å². The molecule has 4 aromatic rings. The normalized spacial score (nSPS) is 11.2. The Bertz CT molecular complexity index is 1460. The van der Waals surface area contributed by atoms with Crippen LogP contribution in [0.2, 0.25) is 0 Å². The van der Waals surface area contributed by atoms with Gasteiger partial charge in [0.15, 0.2) is 0 Å². The van der Waals surface area contributed by atoms with Gasteiger partial charge in [0.25, 0.3) is 5.91 Å². The number of aromatic nitrogens is 1. The number of nitrogens with zero attached hydrogens (tertiary/aromatic N) is 1. The van der Waals surface area contributed by atoms with Crippen LogP contribution in [-0.2, 0) is 10.0 Å². The van der Waals surface area contributed by atoms with Gasteiger partial charge in [-0.3, -0.25) is 10.2 Å². The van der Waals surface area contributed by atoms with Crippen LogP contribution in [0.1, 0.15) is 15.2 Å². The van der Waals surface area contributed by atoms with Gasteiger partial charge in [0.05, 0.1) is 16.1 Å². The van der Waals surface area contributed by atoms with E-state index in [9.17, 15) is 13.2 Å². The molecule has 0 aliphatic carbocycles. The molecule has 0 radical (unpaired) electrons. The molecule has 3 aromatic carbocycles. The van der Waals surface area contributed by atoms with Crippen LogP contribution in [0.3, 0.4) is 0 Å². The van der Waals surface area contributed by atoms with Crippen LogP contribution in [0.15, 0.2) is 83.2 Å². The number of nitrogens with two attached hydrogens (primary N) is 2. The summed E-state index contributed by atoms with van der Waals surface area (Å²) in [6.45, 7) is 0. The number of carbonyl (C=O) groups is 1. The van der Waals surface area contributed by atoms with Crippen molar-refractivity contribution in [3.8, 4) is 22.4 Å². The molecule has 1 aromatic heterocycles. The molecular weight excluding hydrogens is 458 g/mol. The van der Waals surface area contributed by atoms with E-state index in [4.69, 9.17) is 16.3 Å². The first-order chi connectivity index (χ1) is 15.7. The standard InChI is InChI=1S/C23H19N5O3S2/c24-22(25)16-5-3-4-15(12-16)20-21(32-13-27-20)23(29)28-17-10-8-14(9-11-17)18-6-1-2-7-19(18)33(26,30)31/h1-13H,(H3,24,25)(H,28,29)(H2,26,30,31). The molecule has 0 aliphatic heterocycles. The Labute approximate surface area is 194 Å². The number of benzene rings is 3. The molecule has 0 bridgehead atoms. The lowest BCUT2D eigenvalue weighted by atomic mass is 10.1. The lowest BCUT2D eigenvalue weighted by Gasteiger charge is -2.10. The van der Waals surface area contributed by atoms with Crippen molar-refractivity contribution in [3.05, 3.63) is 88.7 Å². The minimum Gasteiger partial charge on any atom is -0.384 e. The fourth-order valence-electron chi connectivity index (χ4n) is 3.32. The fraction of sp³-hybridized carbons (Fsp3) is 0. The smallest absolute Gasteiger partial charge is 0.268 e. The van der Waals surface area contributed by atoms with Gasteiger partial charge in [-0.25, -0.2) is 18.5 Å². The third kappa shape index (κ3) is 4.82. The number of amides is 1. The maximum Gasteiger partial charge on any atom is 0.268 e. The van der Waals surface area contributed by atoms with E-state index in [1.54, 1.807) is 72.2 Å². The molecule has 10 heteroatoms. The third-order valence-corrected chi connectivity index (χ3v) is 6.66. The van der Waals surface area contributed by atoms with Gasteiger partial charge in [-0.15, -0.1) is 11.3 Å². The highest BCUT2D eigenvalue weighted by Gasteiger charge is 2.18. The highest BCUT2D eigenvalue weighted by atomic mass is 32.2. The number of carbonyl (C=O) groups excluding carboxylic acids is 1. The van der Waals surface area contributed by atoms with Gasteiger partial charge in [-0.2, -0.15) is 0 Å². The van der Waals surface area contributed by atoms with Crippen LogP contribution in [0.4, 0.5) is 5.69 Å². The number of nitrogens with one attached hydrogen (secondary N) is 2. The second kappa shape index (κ2) is 8.94. The van der Waals surface area contributed by atoms with E-state index in [0.717, 1.165) is 0 Å². The number of hydrogen-bond donors (Lipinski definition) is 4. The summed E-state index contributed by atoms with van der Waals surface area (Å²) in [6, 6.07) is 20.2. The van der Waals surface area contributed by atoms with Crippen LogP contribution >= 0.6 is 11.3 Å². The maximum absolute atomic E-state index is 12.9. The van der Waals surface area contributed by atoms with E-state index in [1.165, 1.54) is 17.4 Å². The van der Waals surface area contributed by atoms with Gasteiger partial charge >= 0.3 is 0 Å². The second-order valence-corrected chi connectivity index (χ2v) is 9.48. The predicted octanol–water partition coefficient (Wildman–Crippen LogP) is 3.66. The summed E-state index contributed by atoms with van der Waals surface area (Å²) < 4.78 is 23.8. The van der Waals surface area contributed by atoms with Crippen molar-refractivity contribution in [3.63, 3.8) is 0 Å². The van der Waals surface area contributed by atoms with Crippen LogP contribution < -0.4 is 16.2 Å². The van der Waals surface area contributed by atoms with Gasteiger partial charge in [-0.05, 0) is 29.8 Å². The first kappa shape index (κ1) is 22.3. The molecule has 33 heavy (non-hydrogen) atoms. The molecule has 166 valence electrons. The van der Waals surface area contributed by atoms with Crippen molar-refractivity contribution < 1.29 is 13.2 Å². The van der Waals surface area contributed by atoms with E-state index in [-0.39, 0.29) is 16.6 Å². The Morgan fingerprint density at radius 1 is 0.970 bits per heavy atom. The van der Waals surface area contributed by atoms with Crippen LogP contribution in [0.5, 0.6) is 0 Å². The van der Waals surface area contributed by atoms with Gasteiger partial charge in [0.2, 0.25) is 10.0 Å². The summed E-state index contributed by atoms with van der Waals surface area (Å²) in [4.78, 5) is 17.7. The summed E-state index contributed by atoms with van der Waals surface area (Å²) in [6.07, 6.45) is 0. The number of sulfonamides is 1. The SMILES string of the molecule is N=C(N)c1cccc(-c2ncsc2C(=O)Nc2ccc(-c3ccccc3S(N)(=O)=O)cc2)c1. The molecule has 1 heterocycles. The fourth-order valence-corrected chi connectivity index (χ4v) is 4.79. The summed E-state index contributed by atoms with van der Waals surface area (Å²) in [5.41, 5.74) is 10.5. The Morgan fingerprint density at radius 3 is 2.39 bits per heavy atom. The van der Waals surface area contributed by atoms with Crippen LogP contribution in [0, 0.1) is 5.41 Å². The van der Waals surface area contributed by atoms with Crippen molar-refractivity contribution >= 4 is 38.8 Å². The Morgan fingerprint density at radius 2 is 1.70 bits per heavy atom. The zero-order valence-corrected chi connectivity index (χ0v) is 18.8. The topological polar surface area (TPSA) is 152 Å². The minimum atomic E-state index is -3.88. The number of amidine groups is 1. The number of primary sulfonamides is 1. The number of hydrogen-bond acceptors (Lipinski definition) is 6. The van der Waals surface area contributed by atoms with E-state index in [2.05, 4.69) is 10.3 Å². The van der Waals surface area contributed by atoms with Gasteiger partial charge in [-0.1, -0.05) is 48.5 Å². The average Bonchev–Trinajstić information content (AvgIpc) is 3.29. The number of rotatable bonds is 6. The van der Waals surface area contributed by atoms with E-state index < -0.39 is 10.0 Å². The predicted molar refractivity (Wildman–Crippen MR) is 130 cm³/mol. The highest BCUT2D eigenvalue weighted by Crippen LogP contribution is 2.29. The molecule has 0 fully saturated rings. The van der Waals surface area contributed by atoms with Gasteiger partial charge < -0.3 is 11.1 Å². The summed E-state index contributed by atoms with van der Waals surface area (Å²) in [5.74, 6) is -0.402. The Kier molecular flexibility index (Phi) is 6.05.